The van der Waals surface area contributed by atoms with Crippen molar-refractivity contribution in [3.8, 4) is 0 Å². The van der Waals surface area contributed by atoms with Gasteiger partial charge in [0.25, 0.3) is 0 Å². The quantitative estimate of drug-likeness (QED) is 0.876. The summed E-state index contributed by atoms with van der Waals surface area (Å²) in [7, 11) is 3.50. The highest BCUT2D eigenvalue weighted by Crippen LogP contribution is 2.27. The van der Waals surface area contributed by atoms with Gasteiger partial charge < -0.3 is 10.2 Å². The summed E-state index contributed by atoms with van der Waals surface area (Å²) in [6.07, 6.45) is 0. The van der Waals surface area contributed by atoms with E-state index in [2.05, 4.69) is 10.3 Å². The smallest absolute Gasteiger partial charge is 0.239 e. The Labute approximate surface area is 97.9 Å². The van der Waals surface area contributed by atoms with E-state index in [1.807, 2.05) is 36.2 Å². The van der Waals surface area contributed by atoms with Gasteiger partial charge in [0.15, 0.2) is 5.13 Å². The zero-order chi connectivity index (χ0) is 11.5. The lowest BCUT2D eigenvalue weighted by molar-refractivity contribution is -0.119. The minimum Gasteiger partial charge on any atom is -0.358 e. The Kier molecular flexibility index (Phi) is 3.05. The molecule has 0 saturated carbocycles. The summed E-state index contributed by atoms with van der Waals surface area (Å²) in [5.74, 6) is -0.0123. The Balaban J connectivity index is 2.23. The van der Waals surface area contributed by atoms with Crippen molar-refractivity contribution in [2.75, 3.05) is 25.5 Å². The number of benzene rings is 1. The molecule has 2 rings (SSSR count). The number of hydrogen-bond acceptors (Lipinski definition) is 4. The highest BCUT2D eigenvalue weighted by molar-refractivity contribution is 7.22. The number of hydrogen-bond donors (Lipinski definition) is 1. The molecule has 84 valence electrons. The number of fused-ring (bicyclic) bond motifs is 1. The number of rotatable bonds is 3. The van der Waals surface area contributed by atoms with Crippen LogP contribution >= 0.6 is 11.3 Å². The number of para-hydroxylation sites is 1. The largest absolute Gasteiger partial charge is 0.358 e. The fourth-order valence-electron chi connectivity index (χ4n) is 1.39. The van der Waals surface area contributed by atoms with Gasteiger partial charge in [0, 0.05) is 14.1 Å². The predicted octanol–water partition coefficient (Wildman–Crippen LogP) is 1.48. The van der Waals surface area contributed by atoms with Crippen molar-refractivity contribution in [3.05, 3.63) is 24.3 Å². The van der Waals surface area contributed by atoms with E-state index < -0.39 is 0 Å². The first kappa shape index (κ1) is 10.9. The van der Waals surface area contributed by atoms with Crippen LogP contribution < -0.4 is 10.2 Å². The molecule has 1 amide bonds. The van der Waals surface area contributed by atoms with E-state index >= 15 is 0 Å². The molecule has 0 spiro atoms. The van der Waals surface area contributed by atoms with Crippen LogP contribution in [0.2, 0.25) is 0 Å². The monoisotopic (exact) mass is 235 g/mol. The average molecular weight is 235 g/mol. The van der Waals surface area contributed by atoms with Gasteiger partial charge in [0.1, 0.15) is 0 Å². The van der Waals surface area contributed by atoms with Gasteiger partial charge >= 0.3 is 0 Å². The summed E-state index contributed by atoms with van der Waals surface area (Å²) in [6.45, 7) is 0.330. The number of amides is 1. The maximum absolute atomic E-state index is 11.2. The molecule has 1 aromatic carbocycles. The van der Waals surface area contributed by atoms with Crippen molar-refractivity contribution in [1.82, 2.24) is 10.3 Å². The molecule has 16 heavy (non-hydrogen) atoms. The van der Waals surface area contributed by atoms with E-state index in [0.717, 1.165) is 15.3 Å². The van der Waals surface area contributed by atoms with Crippen LogP contribution in [0.25, 0.3) is 10.2 Å². The lowest BCUT2D eigenvalue weighted by Crippen LogP contribution is -2.32. The summed E-state index contributed by atoms with van der Waals surface area (Å²) in [5.41, 5.74) is 0.978. The molecular weight excluding hydrogens is 222 g/mol. The molecular formula is C11H13N3OS. The van der Waals surface area contributed by atoms with E-state index in [1.54, 1.807) is 18.4 Å². The number of thiazole rings is 1. The normalized spacial score (nSPS) is 10.4. The van der Waals surface area contributed by atoms with Gasteiger partial charge in [-0.2, -0.15) is 0 Å². The molecule has 1 heterocycles. The zero-order valence-electron chi connectivity index (χ0n) is 9.23. The van der Waals surface area contributed by atoms with E-state index in [1.165, 1.54) is 0 Å². The second-order valence-corrected chi connectivity index (χ2v) is 4.50. The summed E-state index contributed by atoms with van der Waals surface area (Å²) < 4.78 is 1.14. The van der Waals surface area contributed by atoms with Gasteiger partial charge in [-0.25, -0.2) is 4.98 Å². The molecule has 0 saturated heterocycles. The van der Waals surface area contributed by atoms with Gasteiger partial charge in [-0.05, 0) is 12.1 Å². The Morgan fingerprint density at radius 3 is 2.94 bits per heavy atom. The molecule has 4 nitrogen and oxygen atoms in total. The van der Waals surface area contributed by atoms with Crippen LogP contribution in [0.15, 0.2) is 24.3 Å². The summed E-state index contributed by atoms with van der Waals surface area (Å²) in [6, 6.07) is 7.96. The van der Waals surface area contributed by atoms with Crippen LogP contribution in [0, 0.1) is 0 Å². The standard InChI is InChI=1S/C11H13N3OS/c1-12-10(15)7-14(2)11-13-8-5-3-4-6-9(8)16-11/h3-6H,7H2,1-2H3,(H,12,15). The molecule has 1 N–H and O–H groups in total. The first-order valence-corrected chi connectivity index (χ1v) is 5.79. The number of nitrogens with one attached hydrogen (secondary N) is 1. The number of carbonyl (C=O) groups is 1. The van der Waals surface area contributed by atoms with Gasteiger partial charge in [-0.15, -0.1) is 0 Å². The molecule has 0 aliphatic heterocycles. The predicted molar refractivity (Wildman–Crippen MR) is 67.0 cm³/mol. The summed E-state index contributed by atoms with van der Waals surface area (Å²) >= 11 is 1.59. The maximum Gasteiger partial charge on any atom is 0.239 e. The third kappa shape index (κ3) is 2.14. The third-order valence-corrected chi connectivity index (χ3v) is 3.42. The molecule has 5 heteroatoms. The van der Waals surface area contributed by atoms with Gasteiger partial charge in [0.2, 0.25) is 5.91 Å². The Morgan fingerprint density at radius 2 is 2.25 bits per heavy atom. The van der Waals surface area contributed by atoms with E-state index in [9.17, 15) is 4.79 Å². The Hall–Kier alpha value is -1.62. The van der Waals surface area contributed by atoms with Crippen LogP contribution in [0.1, 0.15) is 0 Å². The number of likely N-dealkylation sites (N-methyl/N-ethyl adjacent to an activating group) is 2. The Bertz CT molecular complexity index is 476. The number of aromatic nitrogens is 1. The fourth-order valence-corrected chi connectivity index (χ4v) is 2.31. The van der Waals surface area contributed by atoms with Crippen LogP contribution in [-0.2, 0) is 4.79 Å². The number of carbonyl (C=O) groups excluding carboxylic acids is 1. The third-order valence-electron chi connectivity index (χ3n) is 2.27. The molecule has 0 atom stereocenters. The molecule has 0 aliphatic rings. The highest BCUT2D eigenvalue weighted by atomic mass is 32.1. The van der Waals surface area contributed by atoms with Gasteiger partial charge in [-0.3, -0.25) is 4.79 Å². The molecule has 0 bridgehead atoms. The van der Waals surface area contributed by atoms with Crippen LogP contribution in [-0.4, -0.2) is 31.5 Å². The molecule has 0 aliphatic carbocycles. The van der Waals surface area contributed by atoms with Crippen LogP contribution in [0.5, 0.6) is 0 Å². The minimum atomic E-state index is -0.0123. The van der Waals surface area contributed by atoms with E-state index in [0.29, 0.717) is 6.54 Å². The summed E-state index contributed by atoms with van der Waals surface area (Å²) in [4.78, 5) is 17.5. The van der Waals surface area contributed by atoms with E-state index in [-0.39, 0.29) is 5.91 Å². The number of anilines is 1. The highest BCUT2D eigenvalue weighted by Gasteiger charge is 2.10. The van der Waals surface area contributed by atoms with E-state index in [4.69, 9.17) is 0 Å². The molecule has 0 fully saturated rings. The molecule has 2 aromatic rings. The first-order valence-electron chi connectivity index (χ1n) is 4.98. The maximum atomic E-state index is 11.2. The number of nitrogens with zero attached hydrogens (tertiary/aromatic N) is 2. The van der Waals surface area contributed by atoms with Crippen molar-refractivity contribution < 1.29 is 4.79 Å². The first-order chi connectivity index (χ1) is 7.70. The lowest BCUT2D eigenvalue weighted by Gasteiger charge is -2.13. The average Bonchev–Trinajstić information content (AvgIpc) is 2.72. The topological polar surface area (TPSA) is 45.2 Å². The van der Waals surface area contributed by atoms with Crippen molar-refractivity contribution in [2.45, 2.75) is 0 Å². The molecule has 0 radical (unpaired) electrons. The second kappa shape index (κ2) is 4.49. The lowest BCUT2D eigenvalue weighted by atomic mass is 10.3. The molecule has 0 unspecified atom stereocenters. The zero-order valence-corrected chi connectivity index (χ0v) is 10.0. The summed E-state index contributed by atoms with van der Waals surface area (Å²) in [5, 5.41) is 3.46. The SMILES string of the molecule is CNC(=O)CN(C)c1nc2ccccc2s1. The Morgan fingerprint density at radius 1 is 1.50 bits per heavy atom. The van der Waals surface area contributed by atoms with Crippen molar-refractivity contribution >= 4 is 32.6 Å². The van der Waals surface area contributed by atoms with Crippen molar-refractivity contribution in [2.24, 2.45) is 0 Å². The van der Waals surface area contributed by atoms with Crippen molar-refractivity contribution in [3.63, 3.8) is 0 Å². The van der Waals surface area contributed by atoms with Gasteiger partial charge in [0.05, 0.1) is 16.8 Å². The van der Waals surface area contributed by atoms with Crippen molar-refractivity contribution in [1.29, 1.82) is 0 Å². The second-order valence-electron chi connectivity index (χ2n) is 3.49. The van der Waals surface area contributed by atoms with Gasteiger partial charge in [-0.1, -0.05) is 23.5 Å². The van der Waals surface area contributed by atoms with Crippen LogP contribution in [0.3, 0.4) is 0 Å². The van der Waals surface area contributed by atoms with Crippen LogP contribution in [0.4, 0.5) is 5.13 Å². The molecule has 1 aromatic heterocycles. The fraction of sp³-hybridized carbons (Fsp3) is 0.273. The minimum absolute atomic E-state index is 0.0123.